The highest BCUT2D eigenvalue weighted by atomic mass is 16.7. The van der Waals surface area contributed by atoms with E-state index >= 15 is 0 Å². The first-order chi connectivity index (χ1) is 16.4. The fourth-order valence-corrected chi connectivity index (χ4v) is 5.18. The summed E-state index contributed by atoms with van der Waals surface area (Å²) >= 11 is 0. The van der Waals surface area contributed by atoms with E-state index < -0.39 is 0 Å². The van der Waals surface area contributed by atoms with Crippen LogP contribution in [0.15, 0.2) is 0 Å². The highest BCUT2D eigenvalue weighted by Crippen LogP contribution is 2.22. The first kappa shape index (κ1) is 31.0. The van der Waals surface area contributed by atoms with Gasteiger partial charge in [0.1, 0.15) is 0 Å². The van der Waals surface area contributed by atoms with E-state index in [1.807, 2.05) is 0 Å². The molecule has 0 aliphatic carbocycles. The molecule has 0 aromatic rings. The quantitative estimate of drug-likeness (QED) is 0.118. The summed E-state index contributed by atoms with van der Waals surface area (Å²) in [5.41, 5.74) is 0. The number of unbranched alkanes of at least 4 members (excludes halogenated alkanes) is 22. The van der Waals surface area contributed by atoms with Crippen molar-refractivity contribution in [3.63, 3.8) is 0 Å². The average Bonchev–Trinajstić information content (AvgIpc) is 3.28. The second-order valence-electron chi connectivity index (χ2n) is 10.9. The van der Waals surface area contributed by atoms with Crippen molar-refractivity contribution >= 4 is 0 Å². The van der Waals surface area contributed by atoms with Gasteiger partial charge in [-0.15, -0.1) is 0 Å². The van der Waals surface area contributed by atoms with E-state index in [4.69, 9.17) is 9.47 Å². The Kier molecular flexibility index (Phi) is 23.5. The fraction of sp³-hybridized carbons (Fsp3) is 1.00. The Hall–Kier alpha value is -0.0800. The summed E-state index contributed by atoms with van der Waals surface area (Å²) in [6.07, 6.45) is 36.7. The van der Waals surface area contributed by atoms with Crippen molar-refractivity contribution < 1.29 is 9.47 Å². The van der Waals surface area contributed by atoms with E-state index in [1.165, 1.54) is 161 Å². The SMILES string of the molecule is CCCCCCCCCCCCCCC1COC(CCCCCCCCCCCCCC)O1. The van der Waals surface area contributed by atoms with Crippen LogP contribution >= 0.6 is 0 Å². The molecule has 1 aliphatic heterocycles. The van der Waals surface area contributed by atoms with E-state index in [-0.39, 0.29) is 6.29 Å². The molecule has 1 aliphatic rings. The zero-order chi connectivity index (χ0) is 23.7. The lowest BCUT2D eigenvalue weighted by Crippen LogP contribution is -2.12. The fourth-order valence-electron chi connectivity index (χ4n) is 5.18. The van der Waals surface area contributed by atoms with Crippen molar-refractivity contribution in [3.8, 4) is 0 Å². The minimum atomic E-state index is 0.0930. The molecule has 0 bridgehead atoms. The van der Waals surface area contributed by atoms with Crippen LogP contribution in [0.3, 0.4) is 0 Å². The Morgan fingerprint density at radius 3 is 1.15 bits per heavy atom. The molecule has 0 saturated carbocycles. The molecule has 2 nitrogen and oxygen atoms in total. The van der Waals surface area contributed by atoms with Crippen LogP contribution in [-0.2, 0) is 9.47 Å². The molecule has 1 heterocycles. The van der Waals surface area contributed by atoms with Crippen LogP contribution < -0.4 is 0 Å². The summed E-state index contributed by atoms with van der Waals surface area (Å²) in [5, 5.41) is 0. The maximum absolute atomic E-state index is 6.14. The normalized spacial score (nSPS) is 18.4. The summed E-state index contributed by atoms with van der Waals surface area (Å²) in [5.74, 6) is 0. The minimum Gasteiger partial charge on any atom is -0.350 e. The van der Waals surface area contributed by atoms with Crippen LogP contribution in [0.5, 0.6) is 0 Å². The second-order valence-corrected chi connectivity index (χ2v) is 10.9. The lowest BCUT2D eigenvalue weighted by molar-refractivity contribution is -0.0643. The number of hydrogen-bond acceptors (Lipinski definition) is 2. The molecule has 0 radical (unpaired) electrons. The summed E-state index contributed by atoms with van der Waals surface area (Å²) in [4.78, 5) is 0. The number of hydrogen-bond donors (Lipinski definition) is 0. The molecule has 0 aromatic heterocycles. The molecular formula is C31H62O2. The van der Waals surface area contributed by atoms with E-state index in [9.17, 15) is 0 Å². The predicted octanol–water partition coefficient (Wildman–Crippen LogP) is 10.9. The van der Waals surface area contributed by atoms with E-state index in [1.54, 1.807) is 0 Å². The molecule has 0 amide bonds. The van der Waals surface area contributed by atoms with Gasteiger partial charge in [0.05, 0.1) is 12.7 Å². The molecule has 2 unspecified atom stereocenters. The van der Waals surface area contributed by atoms with Crippen molar-refractivity contribution in [2.45, 2.75) is 193 Å². The molecule has 0 spiro atoms. The molecule has 1 fully saturated rings. The molecule has 198 valence electrons. The van der Waals surface area contributed by atoms with Gasteiger partial charge in [0, 0.05) is 0 Å². The van der Waals surface area contributed by atoms with Crippen molar-refractivity contribution in [1.82, 2.24) is 0 Å². The third-order valence-electron chi connectivity index (χ3n) is 7.49. The van der Waals surface area contributed by atoms with Crippen molar-refractivity contribution in [2.24, 2.45) is 0 Å². The molecule has 2 atom stereocenters. The van der Waals surface area contributed by atoms with Gasteiger partial charge in [-0.25, -0.2) is 0 Å². The first-order valence-corrected chi connectivity index (χ1v) is 15.6. The highest BCUT2D eigenvalue weighted by Gasteiger charge is 2.24. The van der Waals surface area contributed by atoms with Crippen LogP contribution in [0, 0.1) is 0 Å². The molecule has 1 rings (SSSR count). The van der Waals surface area contributed by atoms with Gasteiger partial charge < -0.3 is 9.47 Å². The van der Waals surface area contributed by atoms with Crippen molar-refractivity contribution in [2.75, 3.05) is 6.61 Å². The van der Waals surface area contributed by atoms with Crippen LogP contribution in [-0.4, -0.2) is 19.0 Å². The van der Waals surface area contributed by atoms with Crippen LogP contribution in [0.25, 0.3) is 0 Å². The van der Waals surface area contributed by atoms with Gasteiger partial charge in [-0.1, -0.05) is 162 Å². The smallest absolute Gasteiger partial charge is 0.158 e. The molecule has 0 N–H and O–H groups in total. The number of ether oxygens (including phenoxy) is 2. The Balaban J connectivity index is 1.76. The maximum atomic E-state index is 6.14. The lowest BCUT2D eigenvalue weighted by atomic mass is 10.0. The summed E-state index contributed by atoms with van der Waals surface area (Å²) < 4.78 is 12.0. The Bertz CT molecular complexity index is 336. The second kappa shape index (κ2) is 25.0. The molecule has 1 saturated heterocycles. The van der Waals surface area contributed by atoms with E-state index in [0.717, 1.165) is 13.0 Å². The average molecular weight is 467 g/mol. The lowest BCUT2D eigenvalue weighted by Gasteiger charge is -2.11. The zero-order valence-electron chi connectivity index (χ0n) is 23.1. The van der Waals surface area contributed by atoms with Gasteiger partial charge in [-0.05, 0) is 19.3 Å². The molecule has 2 heteroatoms. The van der Waals surface area contributed by atoms with Gasteiger partial charge in [0.25, 0.3) is 0 Å². The first-order valence-electron chi connectivity index (χ1n) is 15.6. The van der Waals surface area contributed by atoms with E-state index in [2.05, 4.69) is 13.8 Å². The minimum absolute atomic E-state index is 0.0930. The van der Waals surface area contributed by atoms with Crippen LogP contribution in [0.1, 0.15) is 181 Å². The van der Waals surface area contributed by atoms with Gasteiger partial charge in [0.2, 0.25) is 0 Å². The molecular weight excluding hydrogens is 404 g/mol. The Morgan fingerprint density at radius 2 is 0.758 bits per heavy atom. The monoisotopic (exact) mass is 466 g/mol. The number of rotatable bonds is 26. The Labute approximate surface area is 209 Å². The topological polar surface area (TPSA) is 18.5 Å². The Morgan fingerprint density at radius 1 is 0.424 bits per heavy atom. The molecule has 0 aromatic carbocycles. The highest BCUT2D eigenvalue weighted by molar-refractivity contribution is 4.66. The van der Waals surface area contributed by atoms with Crippen molar-refractivity contribution in [1.29, 1.82) is 0 Å². The van der Waals surface area contributed by atoms with Crippen molar-refractivity contribution in [3.05, 3.63) is 0 Å². The van der Waals surface area contributed by atoms with Gasteiger partial charge >= 0.3 is 0 Å². The van der Waals surface area contributed by atoms with E-state index in [0.29, 0.717) is 6.10 Å². The van der Waals surface area contributed by atoms with Crippen LogP contribution in [0.4, 0.5) is 0 Å². The maximum Gasteiger partial charge on any atom is 0.158 e. The summed E-state index contributed by atoms with van der Waals surface area (Å²) in [7, 11) is 0. The summed E-state index contributed by atoms with van der Waals surface area (Å²) in [6, 6.07) is 0. The predicted molar refractivity (Wildman–Crippen MR) is 146 cm³/mol. The van der Waals surface area contributed by atoms with Gasteiger partial charge in [-0.3, -0.25) is 0 Å². The largest absolute Gasteiger partial charge is 0.350 e. The third-order valence-corrected chi connectivity index (χ3v) is 7.49. The molecule has 33 heavy (non-hydrogen) atoms. The summed E-state index contributed by atoms with van der Waals surface area (Å²) in [6.45, 7) is 5.43. The van der Waals surface area contributed by atoms with Gasteiger partial charge in [-0.2, -0.15) is 0 Å². The third kappa shape index (κ3) is 21.0. The van der Waals surface area contributed by atoms with Crippen LogP contribution in [0.2, 0.25) is 0 Å². The van der Waals surface area contributed by atoms with Gasteiger partial charge in [0.15, 0.2) is 6.29 Å². The zero-order valence-corrected chi connectivity index (χ0v) is 23.1. The standard InChI is InChI=1S/C31H62O2/c1-3-5-7-9-11-13-15-17-19-21-23-25-27-30-29-32-31(33-30)28-26-24-22-20-18-16-14-12-10-8-6-4-2/h30-31H,3-29H2,1-2H3.